The van der Waals surface area contributed by atoms with Gasteiger partial charge in [-0.3, -0.25) is 19.3 Å². The van der Waals surface area contributed by atoms with Crippen LogP contribution in [0.15, 0.2) is 23.8 Å². The molecule has 4 aliphatic carbocycles. The predicted octanol–water partition coefficient (Wildman–Crippen LogP) is 5.40. The van der Waals surface area contributed by atoms with Gasteiger partial charge in [-0.25, -0.2) is 4.39 Å². The second-order valence-electron chi connectivity index (χ2n) is 27.5. The average molecular weight is 1150 g/mol. The van der Waals surface area contributed by atoms with Gasteiger partial charge >= 0.3 is 5.97 Å². The number of nitrogens with one attached hydrogen (secondary N) is 1. The molecule has 26 atom stereocenters. The Morgan fingerprint density at radius 1 is 0.914 bits per heavy atom. The van der Waals surface area contributed by atoms with Gasteiger partial charge in [-0.05, 0) is 156 Å². The molecule has 3 aliphatic heterocycles. The predicted molar refractivity (Wildman–Crippen MR) is 302 cm³/mol. The molecule has 81 heavy (non-hydrogen) atoms. The zero-order chi connectivity index (χ0) is 60.3. The maximum absolute atomic E-state index is 17.9. The van der Waals surface area contributed by atoms with E-state index in [1.54, 1.807) is 61.5 Å². The summed E-state index contributed by atoms with van der Waals surface area (Å²) >= 11 is 0. The highest BCUT2D eigenvalue weighted by atomic mass is 19.1. The minimum Gasteiger partial charge on any atom is -0.459 e. The van der Waals surface area contributed by atoms with Crippen molar-refractivity contribution in [3.05, 3.63) is 23.8 Å². The van der Waals surface area contributed by atoms with Gasteiger partial charge in [0.25, 0.3) is 0 Å². The SMILES string of the molecule is CC[C@H]1OC(=O)[C@H](C)[C@@H](O[C@H]2C[C@@](C)(OC)[C@@H](O)[C@H](C)O2)[C@H](C)[C@@H](O[C@@H]2O[C@H](C)C[C@H](N(C)CC)[C@H]2O)[C@](C)(O)C[C@@H](C)CN(CCCNC(=O)[C@H]2[C@H](C)CC3C4CCC5=CC(=O)C=C[C@]5(C)[C@@]4(F)[C@@H](O)C[C@@]32C)[C@H](C)[C@@H](O)[C@]1(C)O. The molecule has 1 amide bonds. The van der Waals surface area contributed by atoms with Crippen molar-refractivity contribution in [3.63, 3.8) is 0 Å². The summed E-state index contributed by atoms with van der Waals surface area (Å²) in [6.45, 7) is 26.9. The number of carbonyl (C=O) groups is 3. The number of esters is 1. The molecule has 3 saturated heterocycles. The fourth-order valence-corrected chi connectivity index (χ4v) is 16.8. The smallest absolute Gasteiger partial charge is 0.311 e. The van der Waals surface area contributed by atoms with E-state index in [2.05, 4.69) is 5.32 Å². The van der Waals surface area contributed by atoms with Crippen LogP contribution in [0.2, 0.25) is 0 Å². The Kier molecular flexibility index (Phi) is 20.4. The highest BCUT2D eigenvalue weighted by Crippen LogP contribution is 2.69. The van der Waals surface area contributed by atoms with Gasteiger partial charge in [-0.15, -0.1) is 0 Å². The minimum absolute atomic E-state index is 0.0784. The number of aliphatic hydroxyl groups excluding tert-OH is 4. The van der Waals surface area contributed by atoms with E-state index in [0.717, 1.165) is 0 Å². The lowest BCUT2D eigenvalue weighted by atomic mass is 9.45. The standard InChI is InChI=1S/C62H104FN3O15/c1-17-46-61(14,75)51(70)38(8)66(25-19-24-64-54(72)48-34(4)26-43-42-21-20-40-28-41(67)22-23-58(40,11)62(42,63)45(68)30-57(43,48)10)32-33(3)29-59(12,74)53(81-56-49(69)44(65(15)18-2)27-35(5)77-56)36(6)50(37(7)55(73)79-46)80-47-31-60(13,76-16)52(71)39(9)78-47/h22-23,28,33-39,42-53,56,68-71,74-75H,17-21,24-27,29-32H2,1-16H3,(H,64,72)/t33-,34-,35-,36+,37-,38-,39+,42?,43?,44+,45+,46-,47+,48-,49-,50+,51-,52+,53-,56+,57+,58+,59-,60-,61-,62+/m1/s1. The van der Waals surface area contributed by atoms with Crippen molar-refractivity contribution >= 4 is 17.7 Å². The Hall–Kier alpha value is -2.50. The first-order valence-corrected chi connectivity index (χ1v) is 30.6. The van der Waals surface area contributed by atoms with Gasteiger partial charge < -0.3 is 69.3 Å². The highest BCUT2D eigenvalue weighted by molar-refractivity contribution is 6.01. The highest BCUT2D eigenvalue weighted by Gasteiger charge is 2.72. The fourth-order valence-electron chi connectivity index (χ4n) is 16.8. The monoisotopic (exact) mass is 1150 g/mol. The number of aliphatic hydroxyl groups is 6. The summed E-state index contributed by atoms with van der Waals surface area (Å²) in [4.78, 5) is 45.8. The first-order chi connectivity index (χ1) is 37.7. The Labute approximate surface area is 482 Å². The van der Waals surface area contributed by atoms with Crippen LogP contribution in [0.3, 0.4) is 0 Å². The third kappa shape index (κ3) is 12.4. The summed E-state index contributed by atoms with van der Waals surface area (Å²) in [6.07, 6.45) is -4.08. The average Bonchev–Trinajstić information content (AvgIpc) is 2.34. The number of cyclic esters (lactones) is 1. The number of likely N-dealkylation sites (N-methyl/N-ethyl adjacent to an activating group) is 1. The molecular weight excluding hydrogens is 1050 g/mol. The zero-order valence-corrected chi connectivity index (χ0v) is 51.6. The second-order valence-corrected chi connectivity index (χ2v) is 27.5. The van der Waals surface area contributed by atoms with Gasteiger partial charge in [-0.2, -0.15) is 0 Å². The molecule has 7 aliphatic rings. The normalized spacial score (nSPS) is 49.4. The summed E-state index contributed by atoms with van der Waals surface area (Å²) in [7, 11) is 3.42. The van der Waals surface area contributed by atoms with Crippen molar-refractivity contribution in [2.24, 2.45) is 52.3 Å². The first kappa shape index (κ1) is 66.0. The van der Waals surface area contributed by atoms with Crippen LogP contribution in [0.25, 0.3) is 0 Å². The van der Waals surface area contributed by atoms with E-state index in [-0.39, 0.29) is 73.8 Å². The van der Waals surface area contributed by atoms with Crippen molar-refractivity contribution in [1.29, 1.82) is 0 Å². The molecule has 0 bridgehead atoms. The molecular formula is C62H104FN3O15. The number of methoxy groups -OCH3 is 1. The van der Waals surface area contributed by atoms with Crippen LogP contribution in [-0.2, 0) is 42.8 Å². The van der Waals surface area contributed by atoms with Crippen LogP contribution < -0.4 is 5.32 Å². The number of carbonyl (C=O) groups excluding carboxylic acids is 3. The number of alkyl halides is 1. The van der Waals surface area contributed by atoms with E-state index >= 15 is 4.39 Å². The first-order valence-electron chi connectivity index (χ1n) is 30.6. The Bertz CT molecular complexity index is 2270. The number of allylic oxidation sites excluding steroid dienone is 4. The molecule has 19 heteroatoms. The molecule has 6 fully saturated rings. The Balaban J connectivity index is 1.15. The number of ether oxygens (including phenoxy) is 6. The van der Waals surface area contributed by atoms with E-state index in [0.29, 0.717) is 57.3 Å². The molecule has 0 spiro atoms. The van der Waals surface area contributed by atoms with Crippen molar-refractivity contribution in [3.8, 4) is 0 Å². The lowest BCUT2D eigenvalue weighted by Gasteiger charge is -2.61. The van der Waals surface area contributed by atoms with Crippen LogP contribution in [0.4, 0.5) is 4.39 Å². The molecule has 464 valence electrons. The molecule has 18 nitrogen and oxygen atoms in total. The molecule has 0 aromatic rings. The van der Waals surface area contributed by atoms with Gasteiger partial charge in [0.1, 0.15) is 30.0 Å². The lowest BCUT2D eigenvalue weighted by Crippen LogP contribution is -2.67. The van der Waals surface area contributed by atoms with Crippen molar-refractivity contribution < 1.29 is 77.8 Å². The number of hydrogen-bond acceptors (Lipinski definition) is 17. The number of hydrogen-bond donors (Lipinski definition) is 7. The number of halogens is 1. The molecule has 3 saturated carbocycles. The quantitative estimate of drug-likeness (QED) is 0.0902. The molecule has 7 N–H and O–H groups in total. The molecule has 0 aromatic heterocycles. The van der Waals surface area contributed by atoms with E-state index in [1.807, 2.05) is 51.5 Å². The maximum Gasteiger partial charge on any atom is 0.311 e. The van der Waals surface area contributed by atoms with E-state index in [9.17, 15) is 45.0 Å². The van der Waals surface area contributed by atoms with E-state index in [4.69, 9.17) is 28.4 Å². The summed E-state index contributed by atoms with van der Waals surface area (Å²) in [6, 6.07) is -1.08. The fraction of sp³-hybridized carbons (Fsp3) is 0.887. The Morgan fingerprint density at radius 2 is 1.59 bits per heavy atom. The van der Waals surface area contributed by atoms with Crippen LogP contribution in [0.1, 0.15) is 155 Å². The summed E-state index contributed by atoms with van der Waals surface area (Å²) in [5, 5.41) is 76.1. The number of ketones is 1. The molecule has 0 radical (unpaired) electrons. The van der Waals surface area contributed by atoms with Crippen molar-refractivity contribution in [2.75, 3.05) is 40.3 Å². The van der Waals surface area contributed by atoms with Crippen LogP contribution in [-0.4, -0.2) is 201 Å². The van der Waals surface area contributed by atoms with E-state index in [1.165, 1.54) is 26.2 Å². The van der Waals surface area contributed by atoms with Crippen LogP contribution >= 0.6 is 0 Å². The van der Waals surface area contributed by atoms with Gasteiger partial charge in [-0.1, -0.05) is 53.2 Å². The number of fused-ring (bicyclic) bond motifs is 5. The third-order valence-electron chi connectivity index (χ3n) is 21.6. The van der Waals surface area contributed by atoms with E-state index < -0.39 is 130 Å². The lowest BCUT2D eigenvalue weighted by molar-refractivity contribution is -0.318. The van der Waals surface area contributed by atoms with Crippen molar-refractivity contribution in [2.45, 2.75) is 257 Å². The van der Waals surface area contributed by atoms with Gasteiger partial charge in [0, 0.05) is 68.4 Å². The summed E-state index contributed by atoms with van der Waals surface area (Å²) in [5.74, 6) is -4.64. The molecule has 2 unspecified atom stereocenters. The molecule has 0 aromatic carbocycles. The zero-order valence-electron chi connectivity index (χ0n) is 51.6. The number of nitrogens with zero attached hydrogens (tertiary/aromatic N) is 2. The van der Waals surface area contributed by atoms with Crippen LogP contribution in [0.5, 0.6) is 0 Å². The second kappa shape index (κ2) is 25.1. The van der Waals surface area contributed by atoms with Crippen LogP contribution in [0, 0.1) is 52.3 Å². The summed E-state index contributed by atoms with van der Waals surface area (Å²) < 4.78 is 56.3. The van der Waals surface area contributed by atoms with Crippen molar-refractivity contribution in [1.82, 2.24) is 15.1 Å². The van der Waals surface area contributed by atoms with Gasteiger partial charge in [0.15, 0.2) is 24.0 Å². The number of rotatable bonds is 13. The largest absolute Gasteiger partial charge is 0.459 e. The molecule has 3 heterocycles. The number of amides is 1. The Morgan fingerprint density at radius 3 is 2.23 bits per heavy atom. The third-order valence-corrected chi connectivity index (χ3v) is 21.6. The molecule has 7 rings (SSSR count). The maximum atomic E-state index is 17.9. The minimum atomic E-state index is -2.00. The topological polar surface area (TPSA) is 246 Å². The van der Waals surface area contributed by atoms with Gasteiger partial charge in [0.05, 0.1) is 47.6 Å². The summed E-state index contributed by atoms with van der Waals surface area (Å²) in [5.41, 5.74) is -7.88. The van der Waals surface area contributed by atoms with Gasteiger partial charge in [0.2, 0.25) is 5.91 Å².